The number of alkyl halides is 4. The number of hydrogen-bond acceptors (Lipinski definition) is 9. The van der Waals surface area contributed by atoms with Gasteiger partial charge in [-0.3, -0.25) is 9.80 Å². The van der Waals surface area contributed by atoms with Crippen LogP contribution in [0.25, 0.3) is 22.4 Å². The van der Waals surface area contributed by atoms with Gasteiger partial charge in [-0.05, 0) is 51.4 Å². The van der Waals surface area contributed by atoms with Crippen molar-refractivity contribution in [3.8, 4) is 11.5 Å². The summed E-state index contributed by atoms with van der Waals surface area (Å²) < 4.78 is 68.0. The molecule has 1 aliphatic heterocycles. The number of anilines is 1. The monoisotopic (exact) mass is 648 g/mol. The van der Waals surface area contributed by atoms with E-state index in [-0.39, 0.29) is 48.2 Å². The summed E-state index contributed by atoms with van der Waals surface area (Å²) in [4.78, 5) is 19.1. The molecule has 1 amide bonds. The number of carbonyl (C=O) groups excluding carboxylic acids is 1. The number of halogens is 4. The Kier molecular flexibility index (Phi) is 10.3. The highest BCUT2D eigenvalue weighted by atomic mass is 19.4. The molecule has 3 aromatic rings. The first kappa shape index (κ1) is 33.4. The molecule has 0 spiro atoms. The van der Waals surface area contributed by atoms with Crippen LogP contribution in [0.2, 0.25) is 0 Å². The lowest BCUT2D eigenvalue weighted by Crippen LogP contribution is -2.46. The van der Waals surface area contributed by atoms with Crippen LogP contribution in [-0.4, -0.2) is 95.0 Å². The Hall–Kier alpha value is -3.98. The Morgan fingerprint density at radius 3 is 2.78 bits per heavy atom. The normalized spacial score (nSPS) is 23.0. The van der Waals surface area contributed by atoms with E-state index in [2.05, 4.69) is 32.6 Å². The van der Waals surface area contributed by atoms with E-state index < -0.39 is 30.8 Å². The lowest BCUT2D eigenvalue weighted by molar-refractivity contribution is -0.139. The number of benzene rings is 1. The lowest BCUT2D eigenvalue weighted by atomic mass is 9.92. The number of likely N-dealkylation sites (tertiary alicyclic amines) is 1. The van der Waals surface area contributed by atoms with Crippen LogP contribution in [0.3, 0.4) is 0 Å². The largest absolute Gasteiger partial charge is 0.406 e. The van der Waals surface area contributed by atoms with Gasteiger partial charge in [0.25, 0.3) is 0 Å². The number of fused-ring (bicyclic) bond motifs is 1. The first-order valence-corrected chi connectivity index (χ1v) is 15.3. The smallest absolute Gasteiger partial charge is 0.379 e. The summed E-state index contributed by atoms with van der Waals surface area (Å²) in [5, 5.41) is 16.0. The topological polar surface area (TPSA) is 113 Å². The third-order valence-corrected chi connectivity index (χ3v) is 8.62. The zero-order chi connectivity index (χ0) is 33.0. The van der Waals surface area contributed by atoms with Crippen LogP contribution in [-0.2, 0) is 22.6 Å². The van der Waals surface area contributed by atoms with Gasteiger partial charge in [-0.15, -0.1) is 0 Å². The van der Waals surface area contributed by atoms with Gasteiger partial charge in [0, 0.05) is 49.8 Å². The van der Waals surface area contributed by atoms with Crippen molar-refractivity contribution in [3.63, 3.8) is 0 Å². The number of rotatable bonds is 11. The Bertz CT molecular complexity index is 1550. The van der Waals surface area contributed by atoms with Crippen LogP contribution in [0.15, 0.2) is 45.7 Å². The molecule has 0 radical (unpaired) electrons. The zero-order valence-electron chi connectivity index (χ0n) is 26.2. The van der Waals surface area contributed by atoms with E-state index in [9.17, 15) is 22.4 Å². The number of methoxy groups -OCH3 is 1. The van der Waals surface area contributed by atoms with E-state index in [4.69, 9.17) is 9.26 Å². The van der Waals surface area contributed by atoms with E-state index in [1.807, 2.05) is 11.9 Å². The number of amides is 1. The maximum atomic E-state index is 14.8. The first-order chi connectivity index (χ1) is 22.0. The van der Waals surface area contributed by atoms with Crippen molar-refractivity contribution < 1.29 is 31.6 Å². The number of nitrogens with one attached hydrogen (secondary N) is 2. The van der Waals surface area contributed by atoms with Crippen molar-refractivity contribution >= 4 is 29.2 Å². The third kappa shape index (κ3) is 7.69. The van der Waals surface area contributed by atoms with Crippen LogP contribution < -0.4 is 10.6 Å². The van der Waals surface area contributed by atoms with Gasteiger partial charge >= 0.3 is 6.18 Å². The molecule has 3 heterocycles. The van der Waals surface area contributed by atoms with Crippen molar-refractivity contribution in [3.05, 3.63) is 41.9 Å². The first-order valence-electron chi connectivity index (χ1n) is 15.3. The molecule has 2 aromatic heterocycles. The van der Waals surface area contributed by atoms with Crippen LogP contribution >= 0.6 is 0 Å². The molecular formula is C31H40F4N8O3. The summed E-state index contributed by atoms with van der Waals surface area (Å²) >= 11 is 0. The molecule has 5 rings (SSSR count). The van der Waals surface area contributed by atoms with Crippen LogP contribution in [0, 0.1) is 0 Å². The van der Waals surface area contributed by atoms with Crippen LogP contribution in [0.5, 0.6) is 0 Å². The molecule has 4 atom stereocenters. The SMILES string of the molecule is C=NN(/C=C(\C)C(=O)NCc1nc(-c2cc3c(N[C@@H]4CCN(C)C[C@@H]4F)cccc3n2CC(F)(F)F)no1)[C@@H]1CCCC[C@H]1OC. The minimum absolute atomic E-state index is 0.00957. The molecule has 0 unspecified atom stereocenters. The lowest BCUT2D eigenvalue weighted by Gasteiger charge is -2.35. The van der Waals surface area contributed by atoms with Crippen LogP contribution in [0.4, 0.5) is 23.2 Å². The highest BCUT2D eigenvalue weighted by Crippen LogP contribution is 2.35. The molecule has 2 N–H and O–H groups in total. The van der Waals surface area contributed by atoms with E-state index >= 15 is 0 Å². The molecule has 250 valence electrons. The predicted octanol–water partition coefficient (Wildman–Crippen LogP) is 5.10. The second-order valence-electron chi connectivity index (χ2n) is 11.9. The Morgan fingerprint density at radius 1 is 1.28 bits per heavy atom. The molecule has 15 heteroatoms. The average Bonchev–Trinajstić information content (AvgIpc) is 3.64. The number of aromatic nitrogens is 3. The molecule has 46 heavy (non-hydrogen) atoms. The number of piperidine rings is 1. The minimum atomic E-state index is -4.54. The van der Waals surface area contributed by atoms with Gasteiger partial charge in [-0.25, -0.2) is 4.39 Å². The van der Waals surface area contributed by atoms with Crippen molar-refractivity contribution in [2.24, 2.45) is 5.10 Å². The standard InChI is InChI=1S/C31H40F4N8O3/c1-19(16-43(36-2)25-9-5-6-11-27(25)45-4)30(44)37-15-28-39-29(40-46-28)26-14-20-22(38-23-12-13-41(3)17-21(23)32)8-7-10-24(20)42(26)18-31(33,34)35/h7-8,10,14,16,21,23,25,27,38H,2,5-6,9,11-13,15,17-18H2,1,3-4H3,(H,37,44)/b19-16+/t21-,23+,25+,27+/m0/s1. The van der Waals surface area contributed by atoms with Gasteiger partial charge in [0.05, 0.1) is 35.9 Å². The molecule has 11 nitrogen and oxygen atoms in total. The van der Waals surface area contributed by atoms with E-state index in [1.54, 1.807) is 49.5 Å². The number of nitrogens with zero attached hydrogens (tertiary/aromatic N) is 6. The zero-order valence-corrected chi connectivity index (χ0v) is 26.2. The van der Waals surface area contributed by atoms with Crippen LogP contribution in [0.1, 0.15) is 44.9 Å². The van der Waals surface area contributed by atoms with Gasteiger partial charge in [0.2, 0.25) is 17.6 Å². The highest BCUT2D eigenvalue weighted by molar-refractivity contribution is 5.96. The number of carbonyl (C=O) groups is 1. The van der Waals surface area contributed by atoms with Crippen molar-refractivity contribution in [1.29, 1.82) is 0 Å². The molecular weight excluding hydrogens is 608 g/mol. The molecule has 1 aromatic carbocycles. The molecule has 1 aliphatic carbocycles. The van der Waals surface area contributed by atoms with Gasteiger partial charge in [0.15, 0.2) is 0 Å². The summed E-state index contributed by atoms with van der Waals surface area (Å²) in [6.45, 7) is 4.80. The fourth-order valence-corrected chi connectivity index (χ4v) is 6.24. The van der Waals surface area contributed by atoms with E-state index in [0.717, 1.165) is 30.3 Å². The Morgan fingerprint density at radius 2 is 2.07 bits per heavy atom. The predicted molar refractivity (Wildman–Crippen MR) is 166 cm³/mol. The summed E-state index contributed by atoms with van der Waals surface area (Å²) in [5.74, 6) is -0.481. The van der Waals surface area contributed by atoms with Crippen molar-refractivity contribution in [2.45, 2.75) is 82.7 Å². The summed E-state index contributed by atoms with van der Waals surface area (Å²) in [7, 11) is 3.50. The summed E-state index contributed by atoms with van der Waals surface area (Å²) in [6.07, 6.45) is 0.279. The second-order valence-corrected chi connectivity index (χ2v) is 11.9. The highest BCUT2D eigenvalue weighted by Gasteiger charge is 2.33. The second kappa shape index (κ2) is 14.2. The van der Waals surface area contributed by atoms with Gasteiger partial charge in [-0.2, -0.15) is 23.3 Å². The summed E-state index contributed by atoms with van der Waals surface area (Å²) in [5.41, 5.74) is 1.24. The number of ether oxygens (including phenoxy) is 1. The van der Waals surface area contributed by atoms with Crippen molar-refractivity contribution in [2.75, 3.05) is 32.6 Å². The minimum Gasteiger partial charge on any atom is -0.379 e. The van der Waals surface area contributed by atoms with Gasteiger partial charge in [0.1, 0.15) is 12.7 Å². The summed E-state index contributed by atoms with van der Waals surface area (Å²) in [6, 6.07) is 5.93. The van der Waals surface area contributed by atoms with Crippen molar-refractivity contribution in [1.82, 2.24) is 29.9 Å². The fourth-order valence-electron chi connectivity index (χ4n) is 6.24. The van der Waals surface area contributed by atoms with Gasteiger partial charge in [-0.1, -0.05) is 24.1 Å². The Labute approximate surface area is 264 Å². The molecule has 2 fully saturated rings. The molecule has 2 aliphatic rings. The van der Waals surface area contributed by atoms with E-state index in [1.165, 1.54) is 0 Å². The van der Waals surface area contributed by atoms with E-state index in [0.29, 0.717) is 29.6 Å². The Balaban J connectivity index is 1.34. The fraction of sp³-hybridized carbons (Fsp3) is 0.548. The van der Waals surface area contributed by atoms with Gasteiger partial charge < -0.3 is 29.4 Å². The number of hydrazone groups is 1. The maximum Gasteiger partial charge on any atom is 0.406 e. The molecule has 0 bridgehead atoms. The average molecular weight is 649 g/mol. The molecule has 1 saturated carbocycles. The maximum absolute atomic E-state index is 14.8. The number of hydrogen-bond donors (Lipinski definition) is 2. The third-order valence-electron chi connectivity index (χ3n) is 8.62. The quantitative estimate of drug-likeness (QED) is 0.128. The molecule has 1 saturated heterocycles.